The third-order valence-corrected chi connectivity index (χ3v) is 1.02. The predicted octanol–water partition coefficient (Wildman–Crippen LogP) is -0.515. The summed E-state index contributed by atoms with van der Waals surface area (Å²) in [7, 11) is 1.30. The second-order valence-corrected chi connectivity index (χ2v) is 1.76. The first-order valence-electron chi connectivity index (χ1n) is 3.02. The van der Waals surface area contributed by atoms with Gasteiger partial charge >= 0.3 is 5.97 Å². The van der Waals surface area contributed by atoms with Gasteiger partial charge in [0, 0.05) is 0 Å². The molecule has 0 saturated heterocycles. The van der Waals surface area contributed by atoms with Crippen LogP contribution in [0, 0.1) is 0 Å². The fraction of sp³-hybridized carbons (Fsp3) is 0.333. The zero-order chi connectivity index (χ0) is 8.10. The van der Waals surface area contributed by atoms with Crippen molar-refractivity contribution in [3.8, 4) is 0 Å². The van der Waals surface area contributed by atoms with Crippen LogP contribution in [-0.2, 0) is 9.53 Å². The number of aromatic nitrogens is 2. The minimum Gasteiger partial charge on any atom is -0.466 e. The Morgan fingerprint density at radius 3 is 3.09 bits per heavy atom. The second kappa shape index (κ2) is 3.60. The van der Waals surface area contributed by atoms with Crippen LogP contribution in [0.3, 0.4) is 0 Å². The molecule has 0 saturated carbocycles. The van der Waals surface area contributed by atoms with Crippen molar-refractivity contribution in [3.63, 3.8) is 0 Å². The molecule has 11 heavy (non-hydrogen) atoms. The van der Waals surface area contributed by atoms with E-state index in [1.165, 1.54) is 12.0 Å². The molecule has 5 heteroatoms. The third-order valence-electron chi connectivity index (χ3n) is 1.02. The van der Waals surface area contributed by atoms with Gasteiger partial charge in [-0.1, -0.05) is 0 Å². The zero-order valence-corrected chi connectivity index (χ0v) is 6.06. The SMILES string of the molecule is COC(=O)COn1cccn1. The molecule has 0 aromatic carbocycles. The molecule has 0 aliphatic heterocycles. The summed E-state index contributed by atoms with van der Waals surface area (Å²) >= 11 is 0. The number of carbonyl (C=O) groups is 1. The average Bonchev–Trinajstić information content (AvgIpc) is 2.52. The summed E-state index contributed by atoms with van der Waals surface area (Å²) in [6.07, 6.45) is 3.14. The van der Waals surface area contributed by atoms with Gasteiger partial charge < -0.3 is 9.57 Å². The first kappa shape index (κ1) is 7.59. The van der Waals surface area contributed by atoms with E-state index in [2.05, 4.69) is 9.84 Å². The molecule has 1 aromatic rings. The summed E-state index contributed by atoms with van der Waals surface area (Å²) in [5.41, 5.74) is 0. The van der Waals surface area contributed by atoms with E-state index in [4.69, 9.17) is 4.84 Å². The van der Waals surface area contributed by atoms with E-state index in [1.54, 1.807) is 18.5 Å². The van der Waals surface area contributed by atoms with E-state index in [0.29, 0.717) is 0 Å². The average molecular weight is 156 g/mol. The van der Waals surface area contributed by atoms with Gasteiger partial charge in [0.1, 0.15) is 0 Å². The lowest BCUT2D eigenvalue weighted by Crippen LogP contribution is -2.20. The van der Waals surface area contributed by atoms with Gasteiger partial charge in [-0.15, -0.1) is 9.94 Å². The molecule has 0 unspecified atom stereocenters. The molecule has 0 aliphatic carbocycles. The summed E-state index contributed by atoms with van der Waals surface area (Å²) in [6.45, 7) is -0.127. The van der Waals surface area contributed by atoms with Gasteiger partial charge in [0.05, 0.1) is 19.5 Å². The highest BCUT2D eigenvalue weighted by Crippen LogP contribution is 1.79. The maximum absolute atomic E-state index is 10.5. The third kappa shape index (κ3) is 2.29. The smallest absolute Gasteiger partial charge is 0.346 e. The predicted molar refractivity (Wildman–Crippen MR) is 35.7 cm³/mol. The fourth-order valence-corrected chi connectivity index (χ4v) is 0.509. The highest BCUT2D eigenvalue weighted by atomic mass is 16.7. The zero-order valence-electron chi connectivity index (χ0n) is 6.06. The van der Waals surface area contributed by atoms with Crippen LogP contribution in [0.2, 0.25) is 0 Å². The fourth-order valence-electron chi connectivity index (χ4n) is 0.509. The van der Waals surface area contributed by atoms with Crippen molar-refractivity contribution < 1.29 is 14.4 Å². The van der Waals surface area contributed by atoms with Crippen molar-refractivity contribution in [2.75, 3.05) is 13.7 Å². The summed E-state index contributed by atoms with van der Waals surface area (Å²) in [5, 5.41) is 3.71. The monoisotopic (exact) mass is 156 g/mol. The van der Waals surface area contributed by atoms with E-state index in [9.17, 15) is 4.79 Å². The minimum atomic E-state index is -0.430. The Morgan fingerprint density at radius 1 is 1.73 bits per heavy atom. The molecule has 5 nitrogen and oxygen atoms in total. The van der Waals surface area contributed by atoms with Gasteiger partial charge in [-0.05, 0) is 6.07 Å². The number of hydrogen-bond donors (Lipinski definition) is 0. The number of nitrogens with zero attached hydrogens (tertiary/aromatic N) is 2. The molecule has 0 aliphatic rings. The Morgan fingerprint density at radius 2 is 2.55 bits per heavy atom. The largest absolute Gasteiger partial charge is 0.466 e. The molecule has 0 atom stereocenters. The highest BCUT2D eigenvalue weighted by Gasteiger charge is 1.99. The van der Waals surface area contributed by atoms with Crippen molar-refractivity contribution in [1.82, 2.24) is 9.94 Å². The van der Waals surface area contributed by atoms with Crippen molar-refractivity contribution in [3.05, 3.63) is 18.5 Å². The van der Waals surface area contributed by atoms with Crippen LogP contribution in [0.1, 0.15) is 0 Å². The molecule has 0 spiro atoms. The second-order valence-electron chi connectivity index (χ2n) is 1.76. The Labute approximate surface area is 63.5 Å². The maximum Gasteiger partial charge on any atom is 0.346 e. The van der Waals surface area contributed by atoms with Crippen LogP contribution in [0.15, 0.2) is 18.5 Å². The highest BCUT2D eigenvalue weighted by molar-refractivity contribution is 5.70. The number of carbonyl (C=O) groups excluding carboxylic acids is 1. The van der Waals surface area contributed by atoms with E-state index in [1.807, 2.05) is 0 Å². The van der Waals surface area contributed by atoms with Crippen molar-refractivity contribution >= 4 is 5.97 Å². The van der Waals surface area contributed by atoms with Crippen molar-refractivity contribution in [2.24, 2.45) is 0 Å². The summed E-state index contributed by atoms with van der Waals surface area (Å²) in [4.78, 5) is 16.5. The molecule has 60 valence electrons. The van der Waals surface area contributed by atoms with Crippen molar-refractivity contribution in [1.29, 1.82) is 0 Å². The molecule has 1 heterocycles. The molecule has 0 fully saturated rings. The van der Waals surface area contributed by atoms with Gasteiger partial charge in [0.2, 0.25) is 6.61 Å². The lowest BCUT2D eigenvalue weighted by atomic mass is 10.7. The quantitative estimate of drug-likeness (QED) is 0.553. The molecule has 0 radical (unpaired) electrons. The normalized spacial score (nSPS) is 9.18. The number of esters is 1. The van der Waals surface area contributed by atoms with Crippen LogP contribution in [0.25, 0.3) is 0 Å². The standard InChI is InChI=1S/C6H8N2O3/c1-10-6(9)5-11-8-4-2-3-7-8/h2-4H,5H2,1H3. The molecule has 0 bridgehead atoms. The maximum atomic E-state index is 10.5. The van der Waals surface area contributed by atoms with E-state index in [0.717, 1.165) is 0 Å². The summed E-state index contributed by atoms with van der Waals surface area (Å²) < 4.78 is 4.34. The van der Waals surface area contributed by atoms with Crippen LogP contribution < -0.4 is 4.84 Å². The van der Waals surface area contributed by atoms with Crippen LogP contribution in [-0.4, -0.2) is 29.6 Å². The van der Waals surface area contributed by atoms with Crippen LogP contribution >= 0.6 is 0 Å². The Kier molecular flexibility index (Phi) is 2.48. The molecule has 0 amide bonds. The summed E-state index contributed by atoms with van der Waals surface area (Å²) in [6, 6.07) is 1.69. The van der Waals surface area contributed by atoms with E-state index < -0.39 is 5.97 Å². The number of rotatable bonds is 3. The Bertz CT molecular complexity index is 220. The Balaban J connectivity index is 2.29. The van der Waals surface area contributed by atoms with Gasteiger partial charge in [-0.2, -0.15) is 0 Å². The number of hydrogen-bond acceptors (Lipinski definition) is 4. The Hall–Kier alpha value is -1.52. The van der Waals surface area contributed by atoms with Crippen LogP contribution in [0.4, 0.5) is 0 Å². The molecule has 1 rings (SSSR count). The van der Waals surface area contributed by atoms with Gasteiger partial charge in [-0.25, -0.2) is 4.79 Å². The van der Waals surface area contributed by atoms with Gasteiger partial charge in [-0.3, -0.25) is 0 Å². The van der Waals surface area contributed by atoms with Gasteiger partial charge in [0.15, 0.2) is 0 Å². The molecule has 0 N–H and O–H groups in total. The first-order valence-corrected chi connectivity index (χ1v) is 3.02. The van der Waals surface area contributed by atoms with E-state index in [-0.39, 0.29) is 6.61 Å². The lowest BCUT2D eigenvalue weighted by molar-refractivity contribution is -0.146. The summed E-state index contributed by atoms with van der Waals surface area (Å²) in [5.74, 6) is -0.430. The van der Waals surface area contributed by atoms with Gasteiger partial charge in [0.25, 0.3) is 0 Å². The molecular formula is C6H8N2O3. The first-order chi connectivity index (χ1) is 5.33. The van der Waals surface area contributed by atoms with E-state index >= 15 is 0 Å². The topological polar surface area (TPSA) is 53.4 Å². The molecular weight excluding hydrogens is 148 g/mol. The van der Waals surface area contributed by atoms with Crippen molar-refractivity contribution in [2.45, 2.75) is 0 Å². The lowest BCUT2D eigenvalue weighted by Gasteiger charge is -2.01. The number of ether oxygens (including phenoxy) is 1. The van der Waals surface area contributed by atoms with Crippen LogP contribution in [0.5, 0.6) is 0 Å². The molecule has 1 aromatic heterocycles. The minimum absolute atomic E-state index is 0.127. The number of methoxy groups -OCH3 is 1.